The SMILES string of the molecule is CC.CC.CCc1cc(CC)c(C)c(CC)c1.CCc1cccc(CC)c1C. The monoisotopic (exact) mass is 384 g/mol. The Hall–Kier alpha value is -1.56. The maximum atomic E-state index is 2.36. The van der Waals surface area contributed by atoms with Crippen molar-refractivity contribution in [3.8, 4) is 0 Å². The molecule has 28 heavy (non-hydrogen) atoms. The Morgan fingerprint density at radius 3 is 1.11 bits per heavy atom. The molecule has 2 aromatic carbocycles. The molecule has 0 aromatic heterocycles. The fourth-order valence-electron chi connectivity index (χ4n) is 3.35. The quantitative estimate of drug-likeness (QED) is 0.483. The van der Waals surface area contributed by atoms with E-state index in [1.165, 1.54) is 38.9 Å². The maximum Gasteiger partial charge on any atom is -0.0305 e. The highest BCUT2D eigenvalue weighted by Gasteiger charge is 2.03. The minimum atomic E-state index is 1.15. The fraction of sp³-hybridized carbons (Fsp3) is 0.571. The molecule has 0 radical (unpaired) electrons. The van der Waals surface area contributed by atoms with Gasteiger partial charge in [-0.2, -0.15) is 0 Å². The van der Waals surface area contributed by atoms with Crippen molar-refractivity contribution in [2.75, 3.05) is 0 Å². The van der Waals surface area contributed by atoms with Crippen molar-refractivity contribution in [1.82, 2.24) is 0 Å². The van der Waals surface area contributed by atoms with Crippen molar-refractivity contribution >= 4 is 0 Å². The largest absolute Gasteiger partial charge is 0.0683 e. The van der Waals surface area contributed by atoms with Crippen LogP contribution in [-0.4, -0.2) is 0 Å². The van der Waals surface area contributed by atoms with Crippen LogP contribution in [0.2, 0.25) is 0 Å². The van der Waals surface area contributed by atoms with Crippen LogP contribution in [0.5, 0.6) is 0 Å². The molecular weight excluding hydrogens is 336 g/mol. The molecule has 2 aromatic rings. The van der Waals surface area contributed by atoms with Gasteiger partial charge in [-0.25, -0.2) is 0 Å². The van der Waals surface area contributed by atoms with E-state index in [2.05, 4.69) is 78.8 Å². The number of hydrogen-bond acceptors (Lipinski definition) is 0. The molecule has 0 nitrogen and oxygen atoms in total. The number of aryl methyl sites for hydroxylation is 5. The average molecular weight is 385 g/mol. The van der Waals surface area contributed by atoms with Gasteiger partial charge in [0.25, 0.3) is 0 Å². The molecule has 2 rings (SSSR count). The summed E-state index contributed by atoms with van der Waals surface area (Å²) in [5, 5.41) is 0. The van der Waals surface area contributed by atoms with Crippen molar-refractivity contribution in [2.45, 2.75) is 108 Å². The Bertz CT molecular complexity index is 587. The minimum absolute atomic E-state index is 1.15. The summed E-state index contributed by atoms with van der Waals surface area (Å²) in [4.78, 5) is 0. The van der Waals surface area contributed by atoms with E-state index < -0.39 is 0 Å². The highest BCUT2D eigenvalue weighted by atomic mass is 14.1. The molecule has 0 aliphatic carbocycles. The molecule has 160 valence electrons. The van der Waals surface area contributed by atoms with E-state index in [4.69, 9.17) is 0 Å². The van der Waals surface area contributed by atoms with E-state index in [9.17, 15) is 0 Å². The lowest BCUT2D eigenvalue weighted by Gasteiger charge is -2.11. The van der Waals surface area contributed by atoms with Crippen LogP contribution in [0.25, 0.3) is 0 Å². The number of hydrogen-bond donors (Lipinski definition) is 0. The molecule has 0 atom stereocenters. The van der Waals surface area contributed by atoms with E-state index in [1.807, 2.05) is 27.7 Å². The van der Waals surface area contributed by atoms with Gasteiger partial charge in [0.1, 0.15) is 0 Å². The van der Waals surface area contributed by atoms with Crippen molar-refractivity contribution in [2.24, 2.45) is 0 Å². The van der Waals surface area contributed by atoms with E-state index in [0.29, 0.717) is 0 Å². The van der Waals surface area contributed by atoms with Crippen molar-refractivity contribution in [3.63, 3.8) is 0 Å². The molecule has 0 heterocycles. The summed E-state index contributed by atoms with van der Waals surface area (Å²) in [5.41, 5.74) is 10.5. The third-order valence-electron chi connectivity index (χ3n) is 5.17. The van der Waals surface area contributed by atoms with E-state index in [0.717, 1.165) is 32.1 Å². The predicted octanol–water partition coefficient (Wildman–Crippen LogP) is 8.85. The predicted molar refractivity (Wildman–Crippen MR) is 132 cm³/mol. The average Bonchev–Trinajstić information content (AvgIpc) is 2.77. The van der Waals surface area contributed by atoms with Gasteiger partial charge in [-0.3, -0.25) is 0 Å². The van der Waals surface area contributed by atoms with Crippen LogP contribution < -0.4 is 0 Å². The Morgan fingerprint density at radius 1 is 0.500 bits per heavy atom. The lowest BCUT2D eigenvalue weighted by Crippen LogP contribution is -1.96. The highest BCUT2D eigenvalue weighted by molar-refractivity contribution is 5.38. The van der Waals surface area contributed by atoms with Crippen LogP contribution in [0.4, 0.5) is 0 Å². The number of rotatable bonds is 5. The normalized spacial score (nSPS) is 9.25. The maximum absolute atomic E-state index is 2.36. The van der Waals surface area contributed by atoms with Gasteiger partial charge in [0.2, 0.25) is 0 Å². The van der Waals surface area contributed by atoms with Crippen LogP contribution in [0.15, 0.2) is 30.3 Å². The van der Waals surface area contributed by atoms with E-state index in [1.54, 1.807) is 0 Å². The summed E-state index contributed by atoms with van der Waals surface area (Å²) in [6.45, 7) is 23.6. The lowest BCUT2D eigenvalue weighted by molar-refractivity contribution is 1.01. The second kappa shape index (κ2) is 17.5. The number of benzene rings is 2. The Balaban J connectivity index is 0. The standard InChI is InChI=1S/C13H20.C11H16.2C2H6/c1-5-11-8-12(6-2)10(4)13(7-3)9-11;1-4-10-7-6-8-11(5-2)9(10)3;2*1-2/h8-9H,5-7H2,1-4H3;6-8H,4-5H2,1-3H3;2*1-2H3. The highest BCUT2D eigenvalue weighted by Crippen LogP contribution is 2.18. The van der Waals surface area contributed by atoms with Crippen LogP contribution in [-0.2, 0) is 32.1 Å². The first-order chi connectivity index (χ1) is 13.5. The van der Waals surface area contributed by atoms with Crippen LogP contribution in [0.1, 0.15) is 101 Å². The third kappa shape index (κ3) is 9.09. The van der Waals surface area contributed by atoms with Crippen LogP contribution in [0.3, 0.4) is 0 Å². The summed E-state index contributed by atoms with van der Waals surface area (Å²) in [6.07, 6.45) is 5.78. The van der Waals surface area contributed by atoms with Crippen molar-refractivity contribution in [1.29, 1.82) is 0 Å². The topological polar surface area (TPSA) is 0 Å². The summed E-state index contributed by atoms with van der Waals surface area (Å²) in [7, 11) is 0. The molecule has 0 spiro atoms. The first-order valence-electron chi connectivity index (χ1n) is 11.7. The molecule has 0 saturated carbocycles. The molecule has 0 unspecified atom stereocenters. The summed E-state index contributed by atoms with van der Waals surface area (Å²) in [5.74, 6) is 0. The van der Waals surface area contributed by atoms with E-state index in [-0.39, 0.29) is 0 Å². The van der Waals surface area contributed by atoms with Gasteiger partial charge in [-0.05, 0) is 84.9 Å². The minimum Gasteiger partial charge on any atom is -0.0683 e. The molecule has 0 fully saturated rings. The van der Waals surface area contributed by atoms with Crippen LogP contribution in [0, 0.1) is 13.8 Å². The smallest absolute Gasteiger partial charge is 0.0305 e. The Morgan fingerprint density at radius 2 is 0.821 bits per heavy atom. The van der Waals surface area contributed by atoms with E-state index >= 15 is 0 Å². The second-order valence-electron chi connectivity index (χ2n) is 6.51. The molecular formula is C28H48. The summed E-state index contributed by atoms with van der Waals surface area (Å²) < 4.78 is 0. The van der Waals surface area contributed by atoms with Crippen molar-refractivity contribution < 1.29 is 0 Å². The fourth-order valence-corrected chi connectivity index (χ4v) is 3.35. The molecule has 0 amide bonds. The second-order valence-corrected chi connectivity index (χ2v) is 6.51. The zero-order valence-corrected chi connectivity index (χ0v) is 20.9. The van der Waals surface area contributed by atoms with Gasteiger partial charge in [0, 0.05) is 0 Å². The molecule has 0 heteroatoms. The molecule has 0 bridgehead atoms. The molecule has 0 aliphatic rings. The van der Waals surface area contributed by atoms with Gasteiger partial charge in [0.15, 0.2) is 0 Å². The zero-order chi connectivity index (χ0) is 22.1. The van der Waals surface area contributed by atoms with Gasteiger partial charge < -0.3 is 0 Å². The van der Waals surface area contributed by atoms with Crippen LogP contribution >= 0.6 is 0 Å². The van der Waals surface area contributed by atoms with Crippen molar-refractivity contribution in [3.05, 3.63) is 69.3 Å². The van der Waals surface area contributed by atoms with Gasteiger partial charge in [-0.15, -0.1) is 0 Å². The van der Waals surface area contributed by atoms with Gasteiger partial charge in [-0.1, -0.05) is 92.6 Å². The molecule has 0 aliphatic heterocycles. The summed E-state index contributed by atoms with van der Waals surface area (Å²) >= 11 is 0. The third-order valence-corrected chi connectivity index (χ3v) is 5.17. The summed E-state index contributed by atoms with van der Waals surface area (Å²) in [6, 6.07) is 11.3. The Labute approximate surface area is 177 Å². The van der Waals surface area contributed by atoms with Gasteiger partial charge in [0.05, 0.1) is 0 Å². The lowest BCUT2D eigenvalue weighted by atomic mass is 9.95. The molecule has 0 N–H and O–H groups in total. The van der Waals surface area contributed by atoms with Gasteiger partial charge >= 0.3 is 0 Å². The first-order valence-corrected chi connectivity index (χ1v) is 11.7. The Kier molecular flexibility index (Phi) is 17.9. The first kappa shape index (κ1) is 28.6. The molecule has 0 saturated heterocycles. The zero-order valence-electron chi connectivity index (χ0n) is 20.9.